The van der Waals surface area contributed by atoms with Gasteiger partial charge in [-0.15, -0.1) is 0 Å². The van der Waals surface area contributed by atoms with Gasteiger partial charge < -0.3 is 20.4 Å². The second-order valence-electron chi connectivity index (χ2n) is 5.00. The van der Waals surface area contributed by atoms with Gasteiger partial charge in [-0.25, -0.2) is 4.98 Å². The van der Waals surface area contributed by atoms with Gasteiger partial charge >= 0.3 is 0 Å². The first kappa shape index (κ1) is 12.2. The monoisotopic (exact) mass is 262 g/mol. The minimum absolute atomic E-state index is 0.114. The Bertz CT molecular complexity index is 575. The Morgan fingerprint density at radius 3 is 3.11 bits per heavy atom. The number of hydrogen-bond acceptors (Lipinski definition) is 6. The topological polar surface area (TPSA) is 87.8 Å². The molecule has 0 aliphatic carbocycles. The van der Waals surface area contributed by atoms with Crippen LogP contribution in [0.2, 0.25) is 0 Å². The number of aromatic amines is 1. The molecule has 1 aliphatic rings. The molecule has 0 amide bonds. The average molecular weight is 262 g/mol. The van der Waals surface area contributed by atoms with Crippen molar-refractivity contribution >= 4 is 22.9 Å². The summed E-state index contributed by atoms with van der Waals surface area (Å²) in [6, 6.07) is 0. The largest absolute Gasteiger partial charge is 0.373 e. The number of imidazole rings is 1. The number of fused-ring (bicyclic) bond motifs is 1. The number of ether oxygens (including phenoxy) is 1. The minimum Gasteiger partial charge on any atom is -0.373 e. The van der Waals surface area contributed by atoms with Crippen LogP contribution in [0.5, 0.6) is 0 Å². The lowest BCUT2D eigenvalue weighted by Crippen LogP contribution is -2.32. The molecule has 2 aromatic heterocycles. The van der Waals surface area contributed by atoms with Gasteiger partial charge in [-0.1, -0.05) is 0 Å². The third-order valence-electron chi connectivity index (χ3n) is 3.44. The number of nitrogens with one attached hydrogen (secondary N) is 3. The van der Waals surface area contributed by atoms with E-state index in [0.29, 0.717) is 11.6 Å². The summed E-state index contributed by atoms with van der Waals surface area (Å²) in [6.45, 7) is 3.68. The van der Waals surface area contributed by atoms with E-state index in [1.165, 1.54) is 0 Å². The first-order valence-electron chi connectivity index (χ1n) is 6.47. The molecular weight excluding hydrogens is 244 g/mol. The Hall–Kier alpha value is -1.89. The molecule has 102 valence electrons. The van der Waals surface area contributed by atoms with Crippen molar-refractivity contribution in [2.24, 2.45) is 0 Å². The lowest BCUT2D eigenvalue weighted by Gasteiger charge is -2.23. The van der Waals surface area contributed by atoms with Gasteiger partial charge in [0.15, 0.2) is 11.5 Å². The van der Waals surface area contributed by atoms with Crippen molar-refractivity contribution in [1.82, 2.24) is 19.9 Å². The molecular formula is C12H18N6O. The molecule has 0 aromatic carbocycles. The van der Waals surface area contributed by atoms with Gasteiger partial charge in [0.05, 0.1) is 11.9 Å². The molecule has 2 aromatic rings. The molecule has 19 heavy (non-hydrogen) atoms. The Morgan fingerprint density at radius 2 is 2.37 bits per heavy atom. The van der Waals surface area contributed by atoms with Crippen LogP contribution in [-0.2, 0) is 4.74 Å². The summed E-state index contributed by atoms with van der Waals surface area (Å²) >= 11 is 0. The summed E-state index contributed by atoms with van der Waals surface area (Å²) in [6.07, 6.45) is 3.80. The zero-order chi connectivity index (χ0) is 13.3. The standard InChI is InChI=1S/C12H18N6O/c1-12(4-3-5-19-12)6-14-9-8-10(16-7-15-8)18-11(13-2)17-9/h7H,3-6H2,1-2H3,(H3,13,14,15,16,17,18). The molecule has 0 bridgehead atoms. The van der Waals surface area contributed by atoms with Crippen molar-refractivity contribution in [1.29, 1.82) is 0 Å². The molecule has 1 fully saturated rings. The van der Waals surface area contributed by atoms with E-state index in [9.17, 15) is 0 Å². The lowest BCUT2D eigenvalue weighted by atomic mass is 10.0. The van der Waals surface area contributed by atoms with E-state index in [0.717, 1.165) is 37.3 Å². The molecule has 3 N–H and O–H groups in total. The average Bonchev–Trinajstić information content (AvgIpc) is 3.04. The van der Waals surface area contributed by atoms with Crippen LogP contribution >= 0.6 is 0 Å². The highest BCUT2D eigenvalue weighted by molar-refractivity contribution is 5.83. The number of hydrogen-bond donors (Lipinski definition) is 3. The van der Waals surface area contributed by atoms with Crippen LogP contribution in [0.15, 0.2) is 6.33 Å². The van der Waals surface area contributed by atoms with E-state index in [2.05, 4.69) is 37.5 Å². The van der Waals surface area contributed by atoms with Crippen molar-refractivity contribution < 1.29 is 4.74 Å². The molecule has 1 saturated heterocycles. The van der Waals surface area contributed by atoms with Crippen molar-refractivity contribution in [3.8, 4) is 0 Å². The fourth-order valence-electron chi connectivity index (χ4n) is 2.32. The molecule has 1 unspecified atom stereocenters. The van der Waals surface area contributed by atoms with E-state index in [-0.39, 0.29) is 5.60 Å². The zero-order valence-electron chi connectivity index (χ0n) is 11.2. The highest BCUT2D eigenvalue weighted by atomic mass is 16.5. The summed E-state index contributed by atoms with van der Waals surface area (Å²) in [4.78, 5) is 15.9. The highest BCUT2D eigenvalue weighted by Crippen LogP contribution is 2.26. The van der Waals surface area contributed by atoms with E-state index >= 15 is 0 Å². The Balaban J connectivity index is 1.85. The van der Waals surface area contributed by atoms with Crippen LogP contribution in [0.4, 0.5) is 11.8 Å². The number of aromatic nitrogens is 4. The second kappa shape index (κ2) is 4.65. The quantitative estimate of drug-likeness (QED) is 0.771. The normalized spacial score (nSPS) is 22.8. The van der Waals surface area contributed by atoms with Gasteiger partial charge in [0, 0.05) is 20.2 Å². The maximum absolute atomic E-state index is 5.76. The van der Waals surface area contributed by atoms with Gasteiger partial charge in [0.25, 0.3) is 0 Å². The maximum atomic E-state index is 5.76. The van der Waals surface area contributed by atoms with E-state index < -0.39 is 0 Å². The van der Waals surface area contributed by atoms with Crippen molar-refractivity contribution in [2.45, 2.75) is 25.4 Å². The van der Waals surface area contributed by atoms with Gasteiger partial charge in [0.2, 0.25) is 5.95 Å². The Kier molecular flexibility index (Phi) is 2.98. The summed E-state index contributed by atoms with van der Waals surface area (Å²) in [7, 11) is 1.79. The molecule has 7 heteroatoms. The molecule has 3 heterocycles. The molecule has 0 saturated carbocycles. The smallest absolute Gasteiger partial charge is 0.226 e. The fraction of sp³-hybridized carbons (Fsp3) is 0.583. The minimum atomic E-state index is -0.114. The van der Waals surface area contributed by atoms with Crippen LogP contribution in [0.1, 0.15) is 19.8 Å². The summed E-state index contributed by atoms with van der Waals surface area (Å²) in [5, 5.41) is 6.28. The molecule has 1 atom stereocenters. The summed E-state index contributed by atoms with van der Waals surface area (Å²) in [5.41, 5.74) is 1.36. The second-order valence-corrected chi connectivity index (χ2v) is 5.00. The van der Waals surface area contributed by atoms with Crippen LogP contribution in [-0.4, -0.2) is 45.7 Å². The number of anilines is 2. The van der Waals surface area contributed by atoms with Gasteiger partial charge in [0.1, 0.15) is 5.52 Å². The third-order valence-corrected chi connectivity index (χ3v) is 3.44. The Labute approximate surface area is 111 Å². The van der Waals surface area contributed by atoms with Crippen LogP contribution in [0, 0.1) is 0 Å². The lowest BCUT2D eigenvalue weighted by molar-refractivity contribution is 0.0315. The van der Waals surface area contributed by atoms with Gasteiger partial charge in [-0.3, -0.25) is 0 Å². The van der Waals surface area contributed by atoms with Crippen LogP contribution in [0.3, 0.4) is 0 Å². The number of nitrogens with zero attached hydrogens (tertiary/aromatic N) is 3. The number of rotatable bonds is 4. The zero-order valence-corrected chi connectivity index (χ0v) is 11.2. The van der Waals surface area contributed by atoms with Crippen molar-refractivity contribution in [2.75, 3.05) is 30.8 Å². The van der Waals surface area contributed by atoms with Crippen molar-refractivity contribution in [3.05, 3.63) is 6.33 Å². The first-order valence-corrected chi connectivity index (χ1v) is 6.47. The fourth-order valence-corrected chi connectivity index (χ4v) is 2.32. The van der Waals surface area contributed by atoms with E-state index in [1.54, 1.807) is 13.4 Å². The number of H-pyrrole nitrogens is 1. The van der Waals surface area contributed by atoms with E-state index in [1.807, 2.05) is 0 Å². The predicted octanol–water partition coefficient (Wildman–Crippen LogP) is 1.38. The molecule has 0 radical (unpaired) electrons. The molecule has 0 spiro atoms. The van der Waals surface area contributed by atoms with Crippen LogP contribution in [0.25, 0.3) is 11.2 Å². The molecule has 1 aliphatic heterocycles. The van der Waals surface area contributed by atoms with Crippen molar-refractivity contribution in [3.63, 3.8) is 0 Å². The Morgan fingerprint density at radius 1 is 1.47 bits per heavy atom. The third kappa shape index (κ3) is 2.33. The van der Waals surface area contributed by atoms with E-state index in [4.69, 9.17) is 4.74 Å². The maximum Gasteiger partial charge on any atom is 0.226 e. The van der Waals surface area contributed by atoms with Gasteiger partial charge in [-0.05, 0) is 19.8 Å². The SMILES string of the molecule is CNc1nc(NCC2(C)CCCO2)c2[nH]cnc2n1. The highest BCUT2D eigenvalue weighted by Gasteiger charge is 2.29. The van der Waals surface area contributed by atoms with Crippen LogP contribution < -0.4 is 10.6 Å². The molecule has 7 nitrogen and oxygen atoms in total. The summed E-state index contributed by atoms with van der Waals surface area (Å²) in [5.74, 6) is 1.31. The summed E-state index contributed by atoms with van der Waals surface area (Å²) < 4.78 is 5.76. The van der Waals surface area contributed by atoms with Gasteiger partial charge in [-0.2, -0.15) is 9.97 Å². The first-order chi connectivity index (χ1) is 9.20. The predicted molar refractivity (Wildman–Crippen MR) is 73.3 cm³/mol. The molecule has 3 rings (SSSR count).